The van der Waals surface area contributed by atoms with Gasteiger partial charge in [-0.2, -0.15) is 13.2 Å². The summed E-state index contributed by atoms with van der Waals surface area (Å²) < 4.78 is 64.8. The van der Waals surface area contributed by atoms with Crippen molar-refractivity contribution in [2.75, 3.05) is 7.11 Å². The molecule has 0 radical (unpaired) electrons. The van der Waals surface area contributed by atoms with Crippen LogP contribution >= 0.6 is 0 Å². The number of alkyl halides is 3. The number of nitrogens with zero attached hydrogens (tertiary/aromatic N) is 3. The van der Waals surface area contributed by atoms with Gasteiger partial charge in [-0.05, 0) is 30.3 Å². The van der Waals surface area contributed by atoms with E-state index in [4.69, 9.17) is 20.3 Å². The van der Waals surface area contributed by atoms with E-state index in [1.807, 2.05) is 0 Å². The summed E-state index contributed by atoms with van der Waals surface area (Å²) in [6.07, 6.45) is -3.00. The van der Waals surface area contributed by atoms with E-state index in [1.165, 1.54) is 19.2 Å². The molecule has 2 heterocycles. The van der Waals surface area contributed by atoms with Crippen LogP contribution < -0.4 is 15.0 Å². The summed E-state index contributed by atoms with van der Waals surface area (Å²) in [7, 11) is 1.29. The van der Waals surface area contributed by atoms with Gasteiger partial charge in [0.15, 0.2) is 0 Å². The van der Waals surface area contributed by atoms with Crippen molar-refractivity contribution >= 4 is 6.34 Å². The molecule has 0 aliphatic rings. The lowest BCUT2D eigenvalue weighted by molar-refractivity contribution is -0.137. The van der Waals surface area contributed by atoms with Crippen molar-refractivity contribution in [2.24, 2.45) is 0 Å². The van der Waals surface area contributed by atoms with Crippen molar-refractivity contribution in [3.8, 4) is 28.6 Å². The third kappa shape index (κ3) is 4.23. The minimum atomic E-state index is -4.64. The van der Waals surface area contributed by atoms with Gasteiger partial charge in [-0.15, -0.1) is 5.10 Å². The van der Waals surface area contributed by atoms with Gasteiger partial charge in [0, 0.05) is 11.6 Å². The van der Waals surface area contributed by atoms with Crippen LogP contribution in [-0.4, -0.2) is 28.2 Å². The summed E-state index contributed by atoms with van der Waals surface area (Å²) in [6, 6.07) is 6.24. The number of halogens is 4. The van der Waals surface area contributed by atoms with Crippen molar-refractivity contribution in [3.05, 3.63) is 59.5 Å². The maximum Gasteiger partial charge on any atom is 0.416 e. The van der Waals surface area contributed by atoms with E-state index in [9.17, 15) is 17.6 Å². The number of pyridine rings is 1. The molecule has 0 amide bonds. The molecule has 150 valence electrons. The Kier molecular flexibility index (Phi) is 5.31. The highest BCUT2D eigenvalue weighted by Crippen LogP contribution is 2.41. The van der Waals surface area contributed by atoms with Crippen molar-refractivity contribution < 1.29 is 27.0 Å². The lowest BCUT2D eigenvalue weighted by Gasteiger charge is -2.16. The molecule has 0 spiro atoms. The zero-order chi connectivity index (χ0) is 21.2. The molecule has 7 nitrogen and oxygen atoms in total. The molecule has 0 aliphatic carbocycles. The zero-order valence-corrected chi connectivity index (χ0v) is 14.8. The minimum Gasteiger partial charge on any atom is -0.481 e. The number of hydrogen-bond acceptors (Lipinski definition) is 6. The molecule has 0 aliphatic heterocycles. The molecule has 0 atom stereocenters. The molecule has 2 aromatic heterocycles. The Hall–Kier alpha value is -3.76. The van der Waals surface area contributed by atoms with E-state index in [-0.39, 0.29) is 34.1 Å². The molecule has 3 rings (SSSR count). The van der Waals surface area contributed by atoms with Crippen LogP contribution in [0.3, 0.4) is 0 Å². The molecule has 11 heteroatoms. The van der Waals surface area contributed by atoms with Crippen LogP contribution in [0.5, 0.6) is 17.5 Å². The molecular weight excluding hydrogens is 394 g/mol. The van der Waals surface area contributed by atoms with E-state index in [1.54, 1.807) is 0 Å². The second-order valence-corrected chi connectivity index (χ2v) is 5.65. The predicted molar refractivity (Wildman–Crippen MR) is 93.5 cm³/mol. The molecule has 0 unspecified atom stereocenters. The zero-order valence-electron chi connectivity index (χ0n) is 14.8. The highest BCUT2D eigenvalue weighted by Gasteiger charge is 2.32. The first kappa shape index (κ1) is 20.0. The van der Waals surface area contributed by atoms with E-state index < -0.39 is 17.6 Å². The van der Waals surface area contributed by atoms with Crippen LogP contribution in [0.2, 0.25) is 0 Å². The maximum atomic E-state index is 13.7. The molecular formula is C18H13F4N5O2. The third-order valence-corrected chi connectivity index (χ3v) is 3.78. The summed E-state index contributed by atoms with van der Waals surface area (Å²) in [5, 5.41) is 18.6. The Bertz CT molecular complexity index is 1130. The Morgan fingerprint density at radius 2 is 1.86 bits per heavy atom. The van der Waals surface area contributed by atoms with Gasteiger partial charge in [-0.25, -0.2) is 14.1 Å². The van der Waals surface area contributed by atoms with Crippen molar-refractivity contribution in [1.29, 1.82) is 10.8 Å². The number of aromatic nitrogens is 3. The third-order valence-electron chi connectivity index (χ3n) is 3.78. The van der Waals surface area contributed by atoms with Gasteiger partial charge in [-0.3, -0.25) is 10.8 Å². The second-order valence-electron chi connectivity index (χ2n) is 5.65. The molecule has 0 bridgehead atoms. The first-order valence-corrected chi connectivity index (χ1v) is 7.97. The van der Waals surface area contributed by atoms with Gasteiger partial charge in [0.1, 0.15) is 23.4 Å². The quantitative estimate of drug-likeness (QED) is 0.382. The highest BCUT2D eigenvalue weighted by molar-refractivity contribution is 5.75. The van der Waals surface area contributed by atoms with E-state index in [2.05, 4.69) is 10.1 Å². The fourth-order valence-corrected chi connectivity index (χ4v) is 2.47. The first-order valence-electron chi connectivity index (χ1n) is 7.97. The smallest absolute Gasteiger partial charge is 0.416 e. The van der Waals surface area contributed by atoms with E-state index in [0.29, 0.717) is 0 Å². The topological polar surface area (TPSA) is 96.9 Å². The van der Waals surface area contributed by atoms with E-state index >= 15 is 0 Å². The normalized spacial score (nSPS) is 11.2. The molecule has 3 aromatic rings. The largest absolute Gasteiger partial charge is 0.481 e. The monoisotopic (exact) mass is 407 g/mol. The van der Waals surface area contributed by atoms with Gasteiger partial charge in [0.25, 0.3) is 0 Å². The van der Waals surface area contributed by atoms with Gasteiger partial charge in [0.2, 0.25) is 11.8 Å². The van der Waals surface area contributed by atoms with Crippen molar-refractivity contribution in [1.82, 2.24) is 14.8 Å². The number of rotatable bonds is 5. The first-order chi connectivity index (χ1) is 13.7. The number of methoxy groups -OCH3 is 1. The molecule has 0 saturated heterocycles. The van der Waals surface area contributed by atoms with Crippen LogP contribution in [0.4, 0.5) is 17.6 Å². The van der Waals surface area contributed by atoms with Gasteiger partial charge >= 0.3 is 6.18 Å². The van der Waals surface area contributed by atoms with Crippen LogP contribution in [0.15, 0.2) is 42.6 Å². The average molecular weight is 407 g/mol. The summed E-state index contributed by atoms with van der Waals surface area (Å²) in [5.41, 5.74) is -0.961. The Labute approximate surface area is 161 Å². The SMILES string of the molecule is COc1ncc(F)cc1-c1ccc(C(F)(F)F)cc1Oc1ccc(=N)n(C=N)n1. The maximum absolute atomic E-state index is 13.7. The molecule has 1 aromatic carbocycles. The van der Waals surface area contributed by atoms with Crippen molar-refractivity contribution in [2.45, 2.75) is 6.18 Å². The summed E-state index contributed by atoms with van der Waals surface area (Å²) in [4.78, 5) is 3.78. The van der Waals surface area contributed by atoms with Gasteiger partial charge < -0.3 is 9.47 Å². The fraction of sp³-hybridized carbons (Fsp3) is 0.111. The molecule has 0 fully saturated rings. The van der Waals surface area contributed by atoms with Crippen LogP contribution in [0, 0.1) is 16.6 Å². The molecule has 2 N–H and O–H groups in total. The number of nitrogens with one attached hydrogen (secondary N) is 2. The fourth-order valence-electron chi connectivity index (χ4n) is 2.47. The van der Waals surface area contributed by atoms with Gasteiger partial charge in [-0.1, -0.05) is 0 Å². The lowest BCUT2D eigenvalue weighted by atomic mass is 10.0. The molecule has 0 saturated carbocycles. The number of ether oxygens (including phenoxy) is 2. The Morgan fingerprint density at radius 1 is 1.10 bits per heavy atom. The number of benzene rings is 1. The van der Waals surface area contributed by atoms with Crippen LogP contribution in [0.1, 0.15) is 5.56 Å². The summed E-state index contributed by atoms with van der Waals surface area (Å²) in [5.74, 6) is -1.19. The van der Waals surface area contributed by atoms with Crippen molar-refractivity contribution in [3.63, 3.8) is 0 Å². The minimum absolute atomic E-state index is 0.0139. The van der Waals surface area contributed by atoms with Crippen LogP contribution in [0.25, 0.3) is 11.1 Å². The Balaban J connectivity index is 2.19. The highest BCUT2D eigenvalue weighted by atomic mass is 19.4. The Morgan fingerprint density at radius 3 is 2.52 bits per heavy atom. The number of hydrogen-bond donors (Lipinski definition) is 2. The van der Waals surface area contributed by atoms with Crippen LogP contribution in [-0.2, 0) is 6.18 Å². The second kappa shape index (κ2) is 7.70. The average Bonchev–Trinajstić information content (AvgIpc) is 2.68. The summed E-state index contributed by atoms with van der Waals surface area (Å²) in [6.45, 7) is 0. The standard InChI is InChI=1S/C18H13F4N5O2/c1-28-17-13(7-11(19)8-25-17)12-3-2-10(18(20,21)22)6-14(12)29-16-5-4-15(24)27(9-23)26-16/h2-9,23-24H,1H3. The summed E-state index contributed by atoms with van der Waals surface area (Å²) >= 11 is 0. The predicted octanol–water partition coefficient (Wildman–Crippen LogP) is 3.84. The lowest BCUT2D eigenvalue weighted by Crippen LogP contribution is -2.21. The van der Waals surface area contributed by atoms with E-state index in [0.717, 1.165) is 41.5 Å². The van der Waals surface area contributed by atoms with Gasteiger partial charge in [0.05, 0.1) is 24.4 Å². The molecule has 29 heavy (non-hydrogen) atoms.